The first-order valence-electron chi connectivity index (χ1n) is 18.0. The smallest absolute Gasteiger partial charge is 0.165 e. The van der Waals surface area contributed by atoms with Crippen molar-refractivity contribution in [3.8, 4) is 33.9 Å². The predicted molar refractivity (Wildman–Crippen MR) is 223 cm³/mol. The maximum Gasteiger partial charge on any atom is 0.165 e. The molecule has 0 spiro atoms. The second-order valence-corrected chi connectivity index (χ2v) is 15.2. The normalized spacial score (nSPS) is 12.5. The molecular weight excluding hydrogens is 665 g/mol. The molecule has 0 amide bonds. The minimum absolute atomic E-state index is 0.865. The number of hydrogen-bond acceptors (Lipinski definition) is 3. The van der Waals surface area contributed by atoms with Gasteiger partial charge in [-0.3, -0.25) is 4.57 Å². The van der Waals surface area contributed by atoms with Gasteiger partial charge in [-0.2, -0.15) is 0 Å². The van der Waals surface area contributed by atoms with Crippen LogP contribution in [0, 0.1) is 0 Å². The minimum Gasteiger partial charge on any atom is -0.309 e. The average Bonchev–Trinajstić information content (AvgIpc) is 3.85. The summed E-state index contributed by atoms with van der Waals surface area (Å²) in [5.41, 5.74) is 12.0. The summed E-state index contributed by atoms with van der Waals surface area (Å²) in [5, 5.41) is 10.2. The SMILES string of the molecule is c1ccc2c(c1)-c1nc3ccccc3nc1-n1c3ccc(-n4c5ccccc5c5c6ccc7sc8ccccc8c7c6ccc54)cc3c3cccc-2c31. The molecule has 1 aliphatic rings. The Morgan fingerprint density at radius 2 is 1.08 bits per heavy atom. The van der Waals surface area contributed by atoms with Crippen LogP contribution >= 0.6 is 11.3 Å². The van der Waals surface area contributed by atoms with Crippen molar-refractivity contribution in [3.63, 3.8) is 0 Å². The zero-order valence-corrected chi connectivity index (χ0v) is 29.0. The van der Waals surface area contributed by atoms with Gasteiger partial charge in [-0.15, -0.1) is 11.3 Å². The van der Waals surface area contributed by atoms with Gasteiger partial charge in [0.15, 0.2) is 5.82 Å². The Kier molecular flexibility index (Phi) is 5.22. The van der Waals surface area contributed by atoms with Crippen molar-refractivity contribution >= 4 is 96.9 Å². The molecule has 0 unspecified atom stereocenters. The van der Waals surface area contributed by atoms with Gasteiger partial charge < -0.3 is 4.57 Å². The Balaban J connectivity index is 1.13. The van der Waals surface area contributed by atoms with E-state index in [2.05, 4.69) is 155 Å². The third kappa shape index (κ3) is 3.54. The number of benzene rings is 8. The third-order valence-electron chi connectivity index (χ3n) is 11.4. The highest BCUT2D eigenvalue weighted by atomic mass is 32.1. The zero-order valence-electron chi connectivity index (χ0n) is 28.2. The van der Waals surface area contributed by atoms with E-state index in [1.165, 1.54) is 74.6 Å². The summed E-state index contributed by atoms with van der Waals surface area (Å²) in [7, 11) is 0. The van der Waals surface area contributed by atoms with Gasteiger partial charge in [0.2, 0.25) is 0 Å². The Labute approximate surface area is 306 Å². The largest absolute Gasteiger partial charge is 0.309 e. The lowest BCUT2D eigenvalue weighted by Gasteiger charge is -2.13. The molecule has 4 aromatic heterocycles. The fourth-order valence-corrected chi connectivity index (χ4v) is 10.4. The number of para-hydroxylation sites is 4. The lowest BCUT2D eigenvalue weighted by Crippen LogP contribution is -2.02. The van der Waals surface area contributed by atoms with Crippen LogP contribution < -0.4 is 0 Å². The number of hydrogen-bond donors (Lipinski definition) is 0. The highest BCUT2D eigenvalue weighted by Crippen LogP contribution is 2.47. The first-order valence-corrected chi connectivity index (χ1v) is 18.8. The summed E-state index contributed by atoms with van der Waals surface area (Å²) in [6.07, 6.45) is 0. The molecule has 0 saturated heterocycles. The summed E-state index contributed by atoms with van der Waals surface area (Å²) >= 11 is 1.88. The van der Waals surface area contributed by atoms with Gasteiger partial charge in [0.25, 0.3) is 0 Å². The number of aromatic nitrogens is 4. The van der Waals surface area contributed by atoms with E-state index in [1.54, 1.807) is 0 Å². The monoisotopic (exact) mass is 690 g/mol. The summed E-state index contributed by atoms with van der Waals surface area (Å²) < 4.78 is 7.47. The summed E-state index contributed by atoms with van der Waals surface area (Å²) in [6, 6.07) is 57.5. The van der Waals surface area contributed by atoms with Crippen LogP contribution in [-0.4, -0.2) is 19.1 Å². The van der Waals surface area contributed by atoms with Crippen LogP contribution in [0.15, 0.2) is 158 Å². The maximum absolute atomic E-state index is 5.34. The van der Waals surface area contributed by atoms with Gasteiger partial charge in [-0.25, -0.2) is 9.97 Å². The molecule has 0 saturated carbocycles. The minimum atomic E-state index is 0.865. The lowest BCUT2D eigenvalue weighted by molar-refractivity contribution is 1.08. The van der Waals surface area contributed by atoms with Gasteiger partial charge in [0.1, 0.15) is 5.69 Å². The van der Waals surface area contributed by atoms with Crippen molar-refractivity contribution in [1.82, 2.24) is 19.1 Å². The van der Waals surface area contributed by atoms with E-state index < -0.39 is 0 Å². The van der Waals surface area contributed by atoms with E-state index in [1.807, 2.05) is 23.5 Å². The van der Waals surface area contributed by atoms with E-state index in [-0.39, 0.29) is 0 Å². The van der Waals surface area contributed by atoms with E-state index in [0.717, 1.165) is 44.8 Å². The molecule has 1 aliphatic heterocycles. The average molecular weight is 691 g/mol. The molecule has 0 bridgehead atoms. The topological polar surface area (TPSA) is 35.6 Å². The Hall–Kier alpha value is -6.82. The van der Waals surface area contributed by atoms with Gasteiger partial charge in [0.05, 0.1) is 33.1 Å². The lowest BCUT2D eigenvalue weighted by atomic mass is 9.96. The Morgan fingerprint density at radius 1 is 0.396 bits per heavy atom. The van der Waals surface area contributed by atoms with Crippen LogP contribution in [0.4, 0.5) is 0 Å². The van der Waals surface area contributed by atoms with Crippen LogP contribution in [0.1, 0.15) is 0 Å². The molecule has 13 rings (SSSR count). The van der Waals surface area contributed by atoms with Crippen molar-refractivity contribution in [3.05, 3.63) is 158 Å². The molecule has 244 valence electrons. The molecule has 0 fully saturated rings. The highest BCUT2D eigenvalue weighted by Gasteiger charge is 2.27. The zero-order chi connectivity index (χ0) is 34.4. The van der Waals surface area contributed by atoms with Crippen LogP contribution in [0.3, 0.4) is 0 Å². The highest BCUT2D eigenvalue weighted by molar-refractivity contribution is 7.26. The van der Waals surface area contributed by atoms with Crippen molar-refractivity contribution in [2.75, 3.05) is 0 Å². The molecular formula is C48H26N4S. The second kappa shape index (κ2) is 9.94. The predicted octanol–water partition coefficient (Wildman–Crippen LogP) is 13.0. The third-order valence-corrected chi connectivity index (χ3v) is 12.6. The molecule has 8 aromatic carbocycles. The second-order valence-electron chi connectivity index (χ2n) is 14.1. The fourth-order valence-electron chi connectivity index (χ4n) is 9.26. The molecule has 0 N–H and O–H groups in total. The van der Waals surface area contributed by atoms with Gasteiger partial charge in [-0.05, 0) is 70.9 Å². The van der Waals surface area contributed by atoms with E-state index in [4.69, 9.17) is 9.97 Å². The Bertz CT molecular complexity index is 3580. The van der Waals surface area contributed by atoms with Crippen LogP contribution in [-0.2, 0) is 0 Å². The van der Waals surface area contributed by atoms with E-state index in [0.29, 0.717) is 0 Å². The van der Waals surface area contributed by atoms with Gasteiger partial charge in [-0.1, -0.05) is 103 Å². The van der Waals surface area contributed by atoms with E-state index >= 15 is 0 Å². The van der Waals surface area contributed by atoms with Crippen LogP contribution in [0.2, 0.25) is 0 Å². The Morgan fingerprint density at radius 3 is 2.00 bits per heavy atom. The maximum atomic E-state index is 5.34. The summed E-state index contributed by atoms with van der Waals surface area (Å²) in [4.78, 5) is 10.6. The van der Waals surface area contributed by atoms with Crippen molar-refractivity contribution < 1.29 is 0 Å². The van der Waals surface area contributed by atoms with E-state index in [9.17, 15) is 0 Å². The molecule has 53 heavy (non-hydrogen) atoms. The molecule has 0 radical (unpaired) electrons. The van der Waals surface area contributed by atoms with Gasteiger partial charge >= 0.3 is 0 Å². The quantitative estimate of drug-likeness (QED) is 0.172. The molecule has 5 heteroatoms. The van der Waals surface area contributed by atoms with Crippen molar-refractivity contribution in [2.45, 2.75) is 0 Å². The molecule has 0 atom stereocenters. The van der Waals surface area contributed by atoms with Gasteiger partial charge in [0, 0.05) is 58.5 Å². The molecule has 12 aromatic rings. The molecule has 5 heterocycles. The summed E-state index contributed by atoms with van der Waals surface area (Å²) in [6.45, 7) is 0. The van der Waals surface area contributed by atoms with Crippen molar-refractivity contribution in [2.24, 2.45) is 0 Å². The fraction of sp³-hybridized carbons (Fsp3) is 0. The first kappa shape index (κ1) is 27.8. The summed E-state index contributed by atoms with van der Waals surface area (Å²) in [5.74, 6) is 0.865. The van der Waals surface area contributed by atoms with Crippen molar-refractivity contribution in [1.29, 1.82) is 0 Å². The van der Waals surface area contributed by atoms with Crippen LogP contribution in [0.5, 0.6) is 0 Å². The number of thiophene rings is 1. The molecule has 0 aliphatic carbocycles. The first-order chi connectivity index (χ1) is 26.3. The standard InChI is InChI=1S/C48H26N4S/c1-2-11-31-28(10-1)32-14-9-15-33-36-26-27(20-23-40(36)52(47(32)33)48-46(31)49-37-16-5-6-17-38(37)50-48)51-39-18-7-3-12-34(39)44-29-22-25-43-45(30(29)21-24-41(44)51)35-13-4-8-19-42(35)53-43/h1-26H. The van der Waals surface area contributed by atoms with Crippen LogP contribution in [0.25, 0.3) is 119 Å². The molecule has 4 nitrogen and oxygen atoms in total. The number of nitrogens with zero attached hydrogens (tertiary/aromatic N) is 4. The number of fused-ring (bicyclic) bond motifs is 18. The number of rotatable bonds is 1.